The summed E-state index contributed by atoms with van der Waals surface area (Å²) in [7, 11) is 0. The van der Waals surface area contributed by atoms with E-state index < -0.39 is 24.1 Å². The summed E-state index contributed by atoms with van der Waals surface area (Å²) >= 11 is 0. The Hall–Kier alpha value is -2.96. The molecule has 0 amide bonds. The minimum Gasteiger partial charge on any atom is -0.481 e. The molecule has 1 heterocycles. The highest BCUT2D eigenvalue weighted by Gasteiger charge is 2.36. The van der Waals surface area contributed by atoms with Crippen LogP contribution in [0.15, 0.2) is 36.5 Å². The lowest BCUT2D eigenvalue weighted by molar-refractivity contribution is -0.139. The highest BCUT2D eigenvalue weighted by molar-refractivity contribution is 5.84. The van der Waals surface area contributed by atoms with Crippen LogP contribution in [0.3, 0.4) is 0 Å². The maximum atomic E-state index is 13.6. The van der Waals surface area contributed by atoms with Crippen molar-refractivity contribution >= 4 is 16.9 Å². The lowest BCUT2D eigenvalue weighted by Crippen LogP contribution is -2.11. The maximum absolute atomic E-state index is 13.6. The van der Waals surface area contributed by atoms with Crippen LogP contribution in [0, 0.1) is 6.92 Å². The first kappa shape index (κ1) is 20.8. The van der Waals surface area contributed by atoms with Gasteiger partial charge < -0.3 is 14.8 Å². The number of nitrogens with one attached hydrogen (secondary N) is 1. The molecular formula is C22H22F3NO3. The summed E-state index contributed by atoms with van der Waals surface area (Å²) in [5.41, 5.74) is 1.33. The molecule has 1 aromatic heterocycles. The number of hydrogen-bond donors (Lipinski definition) is 2. The summed E-state index contributed by atoms with van der Waals surface area (Å²) in [5, 5.41) is 9.83. The molecule has 3 aromatic rings. The molecular weight excluding hydrogens is 383 g/mol. The van der Waals surface area contributed by atoms with Crippen molar-refractivity contribution in [2.75, 3.05) is 0 Å². The molecule has 0 saturated carbocycles. The molecule has 0 atom stereocenters. The Kier molecular flexibility index (Phi) is 5.86. The third-order valence-corrected chi connectivity index (χ3v) is 4.75. The second kappa shape index (κ2) is 8.19. The molecule has 2 N–H and O–H groups in total. The van der Waals surface area contributed by atoms with E-state index in [4.69, 9.17) is 9.84 Å². The standard InChI is InChI=1S/C22H22F3NO3/c1-3-4-5-15-12-26-19-7-6-16(11-17(15)19)29-21-13(2)8-14(10-20(27)28)9-18(21)22(23,24)25/h6-9,11-12,26H,3-5,10H2,1-2H3,(H,27,28). The molecule has 0 aliphatic carbocycles. The van der Waals surface area contributed by atoms with Crippen LogP contribution < -0.4 is 4.74 Å². The van der Waals surface area contributed by atoms with E-state index in [0.717, 1.165) is 41.8 Å². The van der Waals surface area contributed by atoms with Gasteiger partial charge in [0.1, 0.15) is 11.5 Å². The summed E-state index contributed by atoms with van der Waals surface area (Å²) in [6, 6.07) is 7.40. The number of alkyl halides is 3. The van der Waals surface area contributed by atoms with Gasteiger partial charge in [-0.2, -0.15) is 13.2 Å². The average molecular weight is 405 g/mol. The molecule has 29 heavy (non-hydrogen) atoms. The van der Waals surface area contributed by atoms with Crippen molar-refractivity contribution in [1.29, 1.82) is 0 Å². The molecule has 0 aliphatic rings. The van der Waals surface area contributed by atoms with Crippen LogP contribution in [0.2, 0.25) is 0 Å². The zero-order chi connectivity index (χ0) is 21.2. The van der Waals surface area contributed by atoms with Gasteiger partial charge in [-0.05, 0) is 60.7 Å². The Bertz CT molecular complexity index is 1040. The Morgan fingerprint density at radius 2 is 1.97 bits per heavy atom. The number of aromatic amines is 1. The molecule has 0 saturated heterocycles. The van der Waals surface area contributed by atoms with Gasteiger partial charge in [0.25, 0.3) is 0 Å². The number of carboxylic acid groups (broad SMARTS) is 1. The molecule has 0 aliphatic heterocycles. The molecule has 0 spiro atoms. The van der Waals surface area contributed by atoms with Crippen LogP contribution in [-0.4, -0.2) is 16.1 Å². The summed E-state index contributed by atoms with van der Waals surface area (Å²) in [5.74, 6) is -1.20. The van der Waals surface area contributed by atoms with Gasteiger partial charge in [-0.3, -0.25) is 4.79 Å². The predicted molar refractivity (Wildman–Crippen MR) is 105 cm³/mol. The van der Waals surface area contributed by atoms with E-state index >= 15 is 0 Å². The van der Waals surface area contributed by atoms with Crippen LogP contribution in [0.1, 0.15) is 42.0 Å². The van der Waals surface area contributed by atoms with Crippen molar-refractivity contribution < 1.29 is 27.8 Å². The Balaban J connectivity index is 2.01. The fourth-order valence-corrected chi connectivity index (χ4v) is 3.38. The summed E-state index contributed by atoms with van der Waals surface area (Å²) < 4.78 is 46.6. The fourth-order valence-electron chi connectivity index (χ4n) is 3.38. The largest absolute Gasteiger partial charge is 0.481 e. The molecule has 7 heteroatoms. The topological polar surface area (TPSA) is 62.3 Å². The van der Waals surface area contributed by atoms with Gasteiger partial charge in [0.15, 0.2) is 0 Å². The minimum atomic E-state index is -4.67. The second-order valence-electron chi connectivity index (χ2n) is 7.08. The molecule has 0 unspecified atom stereocenters. The number of rotatable bonds is 7. The minimum absolute atomic E-state index is 0.0811. The smallest absolute Gasteiger partial charge is 0.420 e. The lowest BCUT2D eigenvalue weighted by atomic mass is 10.0. The Labute approximate surface area is 166 Å². The van der Waals surface area contributed by atoms with Crippen LogP contribution in [0.5, 0.6) is 11.5 Å². The molecule has 0 bridgehead atoms. The Morgan fingerprint density at radius 3 is 2.62 bits per heavy atom. The summed E-state index contributed by atoms with van der Waals surface area (Å²) in [6.07, 6.45) is -0.312. The number of aromatic nitrogens is 1. The Morgan fingerprint density at radius 1 is 1.21 bits per heavy atom. The van der Waals surface area contributed by atoms with E-state index in [1.165, 1.54) is 13.0 Å². The normalized spacial score (nSPS) is 11.8. The highest BCUT2D eigenvalue weighted by atomic mass is 19.4. The van der Waals surface area contributed by atoms with E-state index in [1.54, 1.807) is 18.2 Å². The SMILES string of the molecule is CCCCc1c[nH]c2ccc(Oc3c(C)cc(CC(=O)O)cc3C(F)(F)F)cc12. The number of benzene rings is 2. The first-order chi connectivity index (χ1) is 13.7. The van der Waals surface area contributed by atoms with E-state index in [9.17, 15) is 18.0 Å². The average Bonchev–Trinajstić information content (AvgIpc) is 3.03. The second-order valence-corrected chi connectivity index (χ2v) is 7.08. The first-order valence-electron chi connectivity index (χ1n) is 9.39. The lowest BCUT2D eigenvalue weighted by Gasteiger charge is -2.17. The van der Waals surface area contributed by atoms with Crippen LogP contribution >= 0.6 is 0 Å². The van der Waals surface area contributed by atoms with Crippen molar-refractivity contribution in [2.24, 2.45) is 0 Å². The van der Waals surface area contributed by atoms with Gasteiger partial charge in [-0.1, -0.05) is 19.4 Å². The van der Waals surface area contributed by atoms with E-state index in [0.29, 0.717) is 5.75 Å². The number of unbranched alkanes of at least 4 members (excludes halogenated alkanes) is 1. The number of carbonyl (C=O) groups is 1. The van der Waals surface area contributed by atoms with Gasteiger partial charge >= 0.3 is 12.1 Å². The zero-order valence-electron chi connectivity index (χ0n) is 16.2. The van der Waals surface area contributed by atoms with Crippen molar-refractivity contribution in [3.05, 3.63) is 58.8 Å². The van der Waals surface area contributed by atoms with Crippen molar-refractivity contribution in [3.8, 4) is 11.5 Å². The van der Waals surface area contributed by atoms with Crippen LogP contribution in [-0.2, 0) is 23.8 Å². The molecule has 3 rings (SSSR count). The van der Waals surface area contributed by atoms with E-state index in [-0.39, 0.29) is 16.9 Å². The maximum Gasteiger partial charge on any atom is 0.420 e. The van der Waals surface area contributed by atoms with E-state index in [2.05, 4.69) is 11.9 Å². The van der Waals surface area contributed by atoms with Crippen molar-refractivity contribution in [1.82, 2.24) is 4.98 Å². The van der Waals surface area contributed by atoms with E-state index in [1.807, 2.05) is 6.20 Å². The van der Waals surface area contributed by atoms with Gasteiger partial charge in [-0.15, -0.1) is 0 Å². The highest BCUT2D eigenvalue weighted by Crippen LogP contribution is 2.41. The van der Waals surface area contributed by atoms with Crippen LogP contribution in [0.4, 0.5) is 13.2 Å². The third kappa shape index (κ3) is 4.72. The quantitative estimate of drug-likeness (QED) is 0.488. The number of ether oxygens (including phenoxy) is 1. The summed E-state index contributed by atoms with van der Waals surface area (Å²) in [4.78, 5) is 14.1. The van der Waals surface area contributed by atoms with Gasteiger partial charge in [0.05, 0.1) is 12.0 Å². The molecule has 0 fully saturated rings. The number of hydrogen-bond acceptors (Lipinski definition) is 2. The first-order valence-corrected chi connectivity index (χ1v) is 9.39. The molecule has 154 valence electrons. The number of aliphatic carboxylic acids is 1. The zero-order valence-corrected chi connectivity index (χ0v) is 16.2. The number of carboxylic acids is 1. The number of aryl methyl sites for hydroxylation is 2. The monoisotopic (exact) mass is 405 g/mol. The van der Waals surface area contributed by atoms with Gasteiger partial charge in [0.2, 0.25) is 0 Å². The number of H-pyrrole nitrogens is 1. The van der Waals surface area contributed by atoms with Crippen molar-refractivity contribution in [3.63, 3.8) is 0 Å². The third-order valence-electron chi connectivity index (χ3n) is 4.75. The van der Waals surface area contributed by atoms with Crippen LogP contribution in [0.25, 0.3) is 10.9 Å². The van der Waals surface area contributed by atoms with Gasteiger partial charge in [0, 0.05) is 17.1 Å². The predicted octanol–water partition coefficient (Wildman–Crippen LogP) is 6.26. The fraction of sp³-hybridized carbons (Fsp3) is 0.318. The van der Waals surface area contributed by atoms with Gasteiger partial charge in [-0.25, -0.2) is 0 Å². The van der Waals surface area contributed by atoms with Crippen molar-refractivity contribution in [2.45, 2.75) is 45.7 Å². The molecule has 0 radical (unpaired) electrons. The number of halogens is 3. The molecule has 4 nitrogen and oxygen atoms in total. The number of fused-ring (bicyclic) bond motifs is 1. The summed E-state index contributed by atoms with van der Waals surface area (Å²) in [6.45, 7) is 3.58. The molecule has 2 aromatic carbocycles.